The molecule has 1 amide bonds. The summed E-state index contributed by atoms with van der Waals surface area (Å²) in [6.07, 6.45) is -0.443. The Morgan fingerprint density at radius 1 is 1.36 bits per heavy atom. The van der Waals surface area contributed by atoms with Crippen molar-refractivity contribution in [2.24, 2.45) is 0 Å². The lowest BCUT2D eigenvalue weighted by Crippen LogP contribution is -2.26. The van der Waals surface area contributed by atoms with Gasteiger partial charge in [0.15, 0.2) is 0 Å². The van der Waals surface area contributed by atoms with Crippen LogP contribution in [0.2, 0.25) is 0 Å². The lowest BCUT2D eigenvalue weighted by atomic mass is 10.7. The van der Waals surface area contributed by atoms with E-state index >= 15 is 0 Å². The Balaban J connectivity index is 4.36. The lowest BCUT2D eigenvalue weighted by molar-refractivity contribution is -0.156. The van der Waals surface area contributed by atoms with E-state index in [2.05, 4.69) is 0 Å². The molecule has 0 aromatic heterocycles. The zero-order chi connectivity index (χ0) is 11.2. The molecule has 84 valence electrons. The topological polar surface area (TPSA) is 76.1 Å². The average molecular weight is 225 g/mol. The van der Waals surface area contributed by atoms with Gasteiger partial charge in [0.05, 0.1) is 13.2 Å². The second-order valence-corrected chi connectivity index (χ2v) is 4.58. The molecule has 14 heavy (non-hydrogen) atoms. The Morgan fingerprint density at radius 3 is 2.07 bits per heavy atom. The second-order valence-electron chi connectivity index (χ2n) is 2.52. The van der Waals surface area contributed by atoms with Crippen LogP contribution in [0.3, 0.4) is 0 Å². The first-order valence-corrected chi connectivity index (χ1v) is 6.01. The van der Waals surface area contributed by atoms with E-state index < -0.39 is 19.7 Å². The molecule has 0 saturated carbocycles. The fourth-order valence-electron chi connectivity index (χ4n) is 0.790. The molecule has 0 aliphatic carbocycles. The zero-order valence-electron chi connectivity index (χ0n) is 8.60. The molecule has 6 nitrogen and oxygen atoms in total. The molecule has 0 bridgehead atoms. The smallest absolute Gasteiger partial charge is 0.309 e. The first-order valence-electron chi connectivity index (χ1n) is 4.28. The molecule has 0 aromatic carbocycles. The SMILES string of the molecule is CCOP(=O)(CC(=O)N(C)O)OCC. The molecule has 0 unspecified atom stereocenters. The standard InChI is InChI=1S/C7H16NO5P/c1-4-12-14(11,13-5-2)6-7(9)8(3)10/h10H,4-6H2,1-3H3. The maximum absolute atomic E-state index is 11.7. The molecule has 0 saturated heterocycles. The van der Waals surface area contributed by atoms with Gasteiger partial charge in [-0.15, -0.1) is 0 Å². The highest BCUT2D eigenvalue weighted by atomic mass is 31.2. The fourth-order valence-corrected chi connectivity index (χ4v) is 2.37. The first-order chi connectivity index (χ1) is 6.45. The molecular formula is C7H16NO5P. The molecule has 0 aromatic rings. The maximum Gasteiger partial charge on any atom is 0.340 e. The number of carbonyl (C=O) groups excluding carboxylic acids is 1. The molecule has 0 aliphatic heterocycles. The van der Waals surface area contributed by atoms with Gasteiger partial charge in [0, 0.05) is 7.05 Å². The number of amides is 1. The Labute approximate surface area is 83.3 Å². The molecule has 0 radical (unpaired) electrons. The highest BCUT2D eigenvalue weighted by molar-refractivity contribution is 7.54. The van der Waals surface area contributed by atoms with Crippen molar-refractivity contribution in [3.05, 3.63) is 0 Å². The van der Waals surface area contributed by atoms with Crippen molar-refractivity contribution in [3.63, 3.8) is 0 Å². The summed E-state index contributed by atoms with van der Waals surface area (Å²) in [6.45, 7) is 3.69. The van der Waals surface area contributed by atoms with E-state index in [4.69, 9.17) is 14.3 Å². The maximum atomic E-state index is 11.7. The number of rotatable bonds is 6. The molecule has 1 N–H and O–H groups in total. The van der Waals surface area contributed by atoms with Gasteiger partial charge in [0.2, 0.25) is 0 Å². The first kappa shape index (κ1) is 13.6. The minimum Gasteiger partial charge on any atom is -0.309 e. The van der Waals surface area contributed by atoms with Gasteiger partial charge in [0.25, 0.3) is 5.91 Å². The van der Waals surface area contributed by atoms with Crippen molar-refractivity contribution in [1.29, 1.82) is 0 Å². The predicted molar refractivity (Wildman–Crippen MR) is 50.3 cm³/mol. The molecule has 0 fully saturated rings. The van der Waals surface area contributed by atoms with E-state index in [9.17, 15) is 9.36 Å². The van der Waals surface area contributed by atoms with Gasteiger partial charge in [-0.3, -0.25) is 14.6 Å². The summed E-state index contributed by atoms with van der Waals surface area (Å²) in [7, 11) is -2.22. The van der Waals surface area contributed by atoms with E-state index in [1.165, 1.54) is 0 Å². The number of hydrogen-bond acceptors (Lipinski definition) is 5. The van der Waals surface area contributed by atoms with E-state index in [0.717, 1.165) is 7.05 Å². The van der Waals surface area contributed by atoms with Crippen LogP contribution in [0.5, 0.6) is 0 Å². The lowest BCUT2D eigenvalue weighted by Gasteiger charge is -2.17. The Morgan fingerprint density at radius 2 is 1.79 bits per heavy atom. The average Bonchev–Trinajstić information content (AvgIpc) is 2.04. The minimum atomic E-state index is -3.38. The van der Waals surface area contributed by atoms with Crippen LogP contribution in [0.25, 0.3) is 0 Å². The highest BCUT2D eigenvalue weighted by Crippen LogP contribution is 2.47. The Kier molecular flexibility index (Phi) is 5.95. The summed E-state index contributed by atoms with van der Waals surface area (Å²) < 4.78 is 21.5. The number of nitrogens with zero attached hydrogens (tertiary/aromatic N) is 1. The van der Waals surface area contributed by atoms with Crippen LogP contribution in [0.4, 0.5) is 0 Å². The van der Waals surface area contributed by atoms with Crippen LogP contribution in [-0.4, -0.2) is 42.6 Å². The van der Waals surface area contributed by atoms with Crippen molar-refractivity contribution in [2.75, 3.05) is 26.4 Å². The van der Waals surface area contributed by atoms with E-state index in [0.29, 0.717) is 5.06 Å². The molecular weight excluding hydrogens is 209 g/mol. The third-order valence-corrected chi connectivity index (χ3v) is 3.30. The van der Waals surface area contributed by atoms with Crippen LogP contribution < -0.4 is 0 Å². The van der Waals surface area contributed by atoms with Gasteiger partial charge < -0.3 is 9.05 Å². The van der Waals surface area contributed by atoms with Crippen LogP contribution in [0.15, 0.2) is 0 Å². The Hall–Kier alpha value is -0.420. The largest absolute Gasteiger partial charge is 0.340 e. The molecule has 0 heterocycles. The highest BCUT2D eigenvalue weighted by Gasteiger charge is 2.28. The molecule has 0 rings (SSSR count). The second kappa shape index (κ2) is 6.14. The summed E-state index contributed by atoms with van der Waals surface area (Å²) in [5.41, 5.74) is 0. The van der Waals surface area contributed by atoms with Gasteiger partial charge >= 0.3 is 7.60 Å². The van der Waals surface area contributed by atoms with E-state index in [1.54, 1.807) is 13.8 Å². The summed E-state index contributed by atoms with van der Waals surface area (Å²) in [5, 5.41) is 9.14. The predicted octanol–water partition coefficient (Wildman–Crippen LogP) is 1.10. The van der Waals surface area contributed by atoms with Crippen molar-refractivity contribution in [2.45, 2.75) is 13.8 Å². The Bertz CT molecular complexity index is 220. The fraction of sp³-hybridized carbons (Fsp3) is 0.857. The normalized spacial score (nSPS) is 11.4. The van der Waals surface area contributed by atoms with Gasteiger partial charge in [0.1, 0.15) is 6.16 Å². The molecule has 7 heteroatoms. The van der Waals surface area contributed by atoms with Crippen molar-refractivity contribution in [1.82, 2.24) is 5.06 Å². The van der Waals surface area contributed by atoms with Crippen LogP contribution in [-0.2, 0) is 18.4 Å². The number of hydrogen-bond donors (Lipinski definition) is 1. The van der Waals surface area contributed by atoms with E-state index in [1.807, 2.05) is 0 Å². The minimum absolute atomic E-state index is 0.194. The van der Waals surface area contributed by atoms with Gasteiger partial charge in [-0.1, -0.05) is 0 Å². The number of carbonyl (C=O) groups is 1. The summed E-state index contributed by atoms with van der Waals surface area (Å²) in [5.74, 6) is -0.699. The van der Waals surface area contributed by atoms with Crippen LogP contribution in [0.1, 0.15) is 13.8 Å². The van der Waals surface area contributed by atoms with Crippen molar-refractivity contribution < 1.29 is 23.6 Å². The van der Waals surface area contributed by atoms with Crippen molar-refractivity contribution >= 4 is 13.5 Å². The summed E-state index contributed by atoms with van der Waals surface area (Å²) >= 11 is 0. The van der Waals surface area contributed by atoms with Gasteiger partial charge in [-0.2, -0.15) is 0 Å². The summed E-state index contributed by atoms with van der Waals surface area (Å²) in [4.78, 5) is 11.1. The number of hydroxylamine groups is 2. The van der Waals surface area contributed by atoms with Crippen LogP contribution >= 0.6 is 7.60 Å². The quantitative estimate of drug-likeness (QED) is 0.416. The third-order valence-electron chi connectivity index (χ3n) is 1.34. The molecule has 0 atom stereocenters. The third kappa shape index (κ3) is 4.72. The van der Waals surface area contributed by atoms with Crippen molar-refractivity contribution in [3.8, 4) is 0 Å². The van der Waals surface area contributed by atoms with Gasteiger partial charge in [-0.05, 0) is 13.8 Å². The molecule has 0 aliphatic rings. The monoisotopic (exact) mass is 225 g/mol. The zero-order valence-corrected chi connectivity index (χ0v) is 9.49. The van der Waals surface area contributed by atoms with E-state index in [-0.39, 0.29) is 13.2 Å². The van der Waals surface area contributed by atoms with Gasteiger partial charge in [-0.25, -0.2) is 5.06 Å². The van der Waals surface area contributed by atoms with Crippen LogP contribution in [0, 0.1) is 0 Å². The summed E-state index contributed by atoms with van der Waals surface area (Å²) in [6, 6.07) is 0. The molecule has 0 spiro atoms.